The van der Waals surface area contributed by atoms with Gasteiger partial charge in [-0.2, -0.15) is 0 Å². The van der Waals surface area contributed by atoms with E-state index < -0.39 is 12.1 Å². The van der Waals surface area contributed by atoms with Gasteiger partial charge in [-0.25, -0.2) is 0 Å². The number of carboxylic acid groups (broad SMARTS) is 1. The van der Waals surface area contributed by atoms with Crippen molar-refractivity contribution >= 4 is 11.9 Å². The maximum atomic E-state index is 12.3. The summed E-state index contributed by atoms with van der Waals surface area (Å²) in [5, 5.41) is 12.2. The van der Waals surface area contributed by atoms with E-state index in [1.54, 1.807) is 6.92 Å². The molecule has 2 N–H and O–H groups in total. The van der Waals surface area contributed by atoms with Crippen LogP contribution >= 0.6 is 0 Å². The van der Waals surface area contributed by atoms with Crippen LogP contribution in [0.2, 0.25) is 0 Å². The van der Waals surface area contributed by atoms with Crippen molar-refractivity contribution in [2.24, 2.45) is 11.8 Å². The van der Waals surface area contributed by atoms with Crippen LogP contribution in [0.5, 0.6) is 5.75 Å². The van der Waals surface area contributed by atoms with Gasteiger partial charge in [0.15, 0.2) is 6.10 Å². The molecule has 1 aliphatic rings. The van der Waals surface area contributed by atoms with Crippen LogP contribution in [-0.4, -0.2) is 29.6 Å². The maximum absolute atomic E-state index is 12.3. The number of rotatable bonds is 7. The van der Waals surface area contributed by atoms with Gasteiger partial charge in [-0.3, -0.25) is 9.59 Å². The van der Waals surface area contributed by atoms with Crippen LogP contribution in [0.3, 0.4) is 0 Å². The molecule has 5 heteroatoms. The summed E-state index contributed by atoms with van der Waals surface area (Å²) in [6, 6.07) is 7.76. The summed E-state index contributed by atoms with van der Waals surface area (Å²) >= 11 is 0. The van der Waals surface area contributed by atoms with E-state index in [0.717, 1.165) is 19.3 Å². The number of benzene rings is 1. The Bertz CT molecular complexity index is 582. The molecule has 1 aromatic carbocycles. The van der Waals surface area contributed by atoms with Gasteiger partial charge < -0.3 is 15.2 Å². The van der Waals surface area contributed by atoms with Crippen LogP contribution in [0.25, 0.3) is 0 Å². The van der Waals surface area contributed by atoms with E-state index in [1.165, 1.54) is 5.56 Å². The molecule has 1 amide bonds. The molecule has 2 rings (SSSR count). The minimum Gasteiger partial charge on any atom is -0.481 e. The zero-order valence-corrected chi connectivity index (χ0v) is 15.3. The van der Waals surface area contributed by atoms with Gasteiger partial charge in [0.1, 0.15) is 5.75 Å². The predicted molar refractivity (Wildman–Crippen MR) is 96.7 cm³/mol. The van der Waals surface area contributed by atoms with Gasteiger partial charge in [-0.15, -0.1) is 0 Å². The Morgan fingerprint density at radius 1 is 1.16 bits per heavy atom. The number of ether oxygens (including phenoxy) is 1. The Hall–Kier alpha value is -2.04. The van der Waals surface area contributed by atoms with Crippen molar-refractivity contribution in [2.75, 3.05) is 6.54 Å². The van der Waals surface area contributed by atoms with E-state index in [9.17, 15) is 14.7 Å². The summed E-state index contributed by atoms with van der Waals surface area (Å²) in [5.41, 5.74) is 1.22. The highest BCUT2D eigenvalue weighted by Crippen LogP contribution is 2.29. The molecule has 1 saturated carbocycles. The zero-order chi connectivity index (χ0) is 18.4. The third-order valence-electron chi connectivity index (χ3n) is 4.99. The number of carbonyl (C=O) groups excluding carboxylic acids is 1. The number of carbonyl (C=O) groups is 2. The topological polar surface area (TPSA) is 75.6 Å². The Morgan fingerprint density at radius 2 is 1.80 bits per heavy atom. The summed E-state index contributed by atoms with van der Waals surface area (Å²) in [7, 11) is 0. The van der Waals surface area contributed by atoms with Gasteiger partial charge in [-0.1, -0.05) is 38.8 Å². The molecule has 1 unspecified atom stereocenters. The molecule has 0 radical (unpaired) electrons. The van der Waals surface area contributed by atoms with Gasteiger partial charge in [0.2, 0.25) is 0 Å². The highest BCUT2D eigenvalue weighted by Gasteiger charge is 2.31. The number of amides is 1. The van der Waals surface area contributed by atoms with Crippen molar-refractivity contribution in [3.05, 3.63) is 29.8 Å². The molecule has 0 aliphatic heterocycles. The molecule has 138 valence electrons. The third-order valence-corrected chi connectivity index (χ3v) is 4.99. The first kappa shape index (κ1) is 19.3. The minimum atomic E-state index is -0.756. The number of aliphatic carboxylic acids is 1. The Morgan fingerprint density at radius 3 is 2.40 bits per heavy atom. The second kappa shape index (κ2) is 8.88. The van der Waals surface area contributed by atoms with Crippen molar-refractivity contribution in [1.29, 1.82) is 0 Å². The fraction of sp³-hybridized carbons (Fsp3) is 0.600. The van der Waals surface area contributed by atoms with Gasteiger partial charge in [0.05, 0.1) is 5.92 Å². The second-order valence-corrected chi connectivity index (χ2v) is 7.22. The fourth-order valence-corrected chi connectivity index (χ4v) is 3.34. The summed E-state index contributed by atoms with van der Waals surface area (Å²) in [6.45, 7) is 6.36. The van der Waals surface area contributed by atoms with E-state index in [2.05, 4.69) is 19.2 Å². The minimum absolute atomic E-state index is 0.00715. The van der Waals surface area contributed by atoms with E-state index in [4.69, 9.17) is 4.74 Å². The predicted octanol–water partition coefficient (Wildman–Crippen LogP) is 3.58. The van der Waals surface area contributed by atoms with Crippen molar-refractivity contribution < 1.29 is 19.4 Å². The molecule has 25 heavy (non-hydrogen) atoms. The molecular weight excluding hydrogens is 318 g/mol. The monoisotopic (exact) mass is 347 g/mol. The number of carboxylic acids is 1. The molecule has 0 saturated heterocycles. The van der Waals surface area contributed by atoms with Gasteiger partial charge in [0, 0.05) is 6.54 Å². The highest BCUT2D eigenvalue weighted by atomic mass is 16.5. The van der Waals surface area contributed by atoms with Crippen LogP contribution in [0.4, 0.5) is 0 Å². The summed E-state index contributed by atoms with van der Waals surface area (Å²) < 4.78 is 5.70. The quantitative estimate of drug-likeness (QED) is 0.790. The lowest BCUT2D eigenvalue weighted by molar-refractivity contribution is -0.145. The first-order chi connectivity index (χ1) is 11.9. The second-order valence-electron chi connectivity index (χ2n) is 7.22. The first-order valence-corrected chi connectivity index (χ1v) is 9.15. The van der Waals surface area contributed by atoms with E-state index in [-0.39, 0.29) is 17.7 Å². The molecule has 0 aromatic heterocycles. The SMILES string of the molecule is CC(Oc1ccc(C(C)C)cc1)C(=O)NC[C@@H]1CCCC[C@@H]1C(=O)O. The number of hydrogen-bond donors (Lipinski definition) is 2. The largest absolute Gasteiger partial charge is 0.481 e. The fourth-order valence-electron chi connectivity index (χ4n) is 3.34. The molecule has 0 heterocycles. The van der Waals surface area contributed by atoms with E-state index >= 15 is 0 Å². The van der Waals surface area contributed by atoms with Crippen molar-refractivity contribution in [1.82, 2.24) is 5.32 Å². The average molecular weight is 347 g/mol. The summed E-state index contributed by atoms with van der Waals surface area (Å²) in [4.78, 5) is 23.6. The third kappa shape index (κ3) is 5.48. The molecule has 0 bridgehead atoms. The van der Waals surface area contributed by atoms with Gasteiger partial charge >= 0.3 is 5.97 Å². The molecule has 1 aromatic rings. The Kier molecular flexibility index (Phi) is 6.85. The Labute approximate surface area is 149 Å². The molecule has 0 spiro atoms. The molecular formula is C20H29NO4. The van der Waals surface area contributed by atoms with E-state index in [1.807, 2.05) is 24.3 Å². The highest BCUT2D eigenvalue weighted by molar-refractivity contribution is 5.80. The van der Waals surface area contributed by atoms with Crippen LogP contribution in [0.15, 0.2) is 24.3 Å². The molecule has 5 nitrogen and oxygen atoms in total. The van der Waals surface area contributed by atoms with Crippen LogP contribution < -0.4 is 10.1 Å². The first-order valence-electron chi connectivity index (χ1n) is 9.15. The van der Waals surface area contributed by atoms with Crippen LogP contribution in [0, 0.1) is 11.8 Å². The van der Waals surface area contributed by atoms with Crippen LogP contribution in [-0.2, 0) is 9.59 Å². The lowest BCUT2D eigenvalue weighted by atomic mass is 9.79. The standard InChI is InChI=1S/C20H29NO4/c1-13(2)15-8-10-17(11-9-15)25-14(3)19(22)21-12-16-6-4-5-7-18(16)20(23)24/h8-11,13-14,16,18H,4-7,12H2,1-3H3,(H,21,22)(H,23,24)/t14?,16-,18-/m0/s1. The lowest BCUT2D eigenvalue weighted by Gasteiger charge is -2.29. The normalized spacial score (nSPS) is 21.6. The lowest BCUT2D eigenvalue weighted by Crippen LogP contribution is -2.42. The van der Waals surface area contributed by atoms with E-state index in [0.29, 0.717) is 24.6 Å². The average Bonchev–Trinajstić information content (AvgIpc) is 2.60. The molecule has 1 fully saturated rings. The van der Waals surface area contributed by atoms with Gasteiger partial charge in [0.25, 0.3) is 5.91 Å². The summed E-state index contributed by atoms with van der Waals surface area (Å²) in [5.74, 6) is -0.196. The van der Waals surface area contributed by atoms with Crippen molar-refractivity contribution in [3.8, 4) is 5.75 Å². The summed E-state index contributed by atoms with van der Waals surface area (Å²) in [6.07, 6.45) is 2.91. The smallest absolute Gasteiger partial charge is 0.306 e. The Balaban J connectivity index is 1.84. The van der Waals surface area contributed by atoms with Crippen molar-refractivity contribution in [2.45, 2.75) is 58.5 Å². The number of hydrogen-bond acceptors (Lipinski definition) is 3. The maximum Gasteiger partial charge on any atom is 0.306 e. The zero-order valence-electron chi connectivity index (χ0n) is 15.3. The molecule has 1 aliphatic carbocycles. The number of nitrogens with one attached hydrogen (secondary N) is 1. The molecule has 3 atom stereocenters. The van der Waals surface area contributed by atoms with Gasteiger partial charge in [-0.05, 0) is 49.3 Å². The van der Waals surface area contributed by atoms with Crippen LogP contribution in [0.1, 0.15) is 57.9 Å². The van der Waals surface area contributed by atoms with Crippen molar-refractivity contribution in [3.63, 3.8) is 0 Å².